The van der Waals surface area contributed by atoms with E-state index in [2.05, 4.69) is 59.3 Å². The lowest BCUT2D eigenvalue weighted by Crippen LogP contribution is -2.22. The molecule has 0 saturated carbocycles. The first kappa shape index (κ1) is 19.7. The Labute approximate surface area is 156 Å². The van der Waals surface area contributed by atoms with Gasteiger partial charge in [0, 0.05) is 30.5 Å². The zero-order valence-electron chi connectivity index (χ0n) is 16.3. The number of benzene rings is 1. The van der Waals surface area contributed by atoms with Gasteiger partial charge in [0.25, 0.3) is 5.91 Å². The molecule has 2 rings (SSSR count). The smallest absolute Gasteiger partial charge is 0.275 e. The molecule has 2 N–H and O–H groups in total. The maximum Gasteiger partial charge on any atom is 0.275 e. The van der Waals surface area contributed by atoms with Crippen molar-refractivity contribution in [1.29, 1.82) is 0 Å². The average molecular weight is 355 g/mol. The zero-order chi connectivity index (χ0) is 19.1. The van der Waals surface area contributed by atoms with E-state index in [1.165, 1.54) is 6.20 Å². The fourth-order valence-electron chi connectivity index (χ4n) is 2.63. The lowest BCUT2D eigenvalue weighted by molar-refractivity contribution is 0.102. The number of rotatable bonds is 8. The van der Waals surface area contributed by atoms with Crippen LogP contribution in [0, 0.1) is 6.92 Å². The minimum absolute atomic E-state index is 0.258. The highest BCUT2D eigenvalue weighted by Crippen LogP contribution is 2.23. The maximum absolute atomic E-state index is 12.4. The Kier molecular flexibility index (Phi) is 6.95. The number of hydrogen-bond donors (Lipinski definition) is 2. The molecule has 0 aliphatic rings. The molecule has 0 saturated heterocycles. The van der Waals surface area contributed by atoms with Crippen LogP contribution in [0.25, 0.3) is 0 Å². The van der Waals surface area contributed by atoms with Gasteiger partial charge in [0.2, 0.25) is 0 Å². The Balaban J connectivity index is 2.07. The number of hydrogen-bond acceptors (Lipinski definition) is 5. The second kappa shape index (κ2) is 9.17. The van der Waals surface area contributed by atoms with Gasteiger partial charge in [0.1, 0.15) is 11.5 Å². The summed E-state index contributed by atoms with van der Waals surface area (Å²) in [7, 11) is 0. The molecule has 1 aromatic heterocycles. The van der Waals surface area contributed by atoms with Crippen molar-refractivity contribution in [1.82, 2.24) is 9.97 Å². The summed E-state index contributed by atoms with van der Waals surface area (Å²) >= 11 is 0. The Morgan fingerprint density at radius 1 is 1.15 bits per heavy atom. The van der Waals surface area contributed by atoms with Crippen molar-refractivity contribution in [2.45, 2.75) is 47.1 Å². The van der Waals surface area contributed by atoms with Gasteiger partial charge in [-0.25, -0.2) is 9.97 Å². The van der Waals surface area contributed by atoms with Crippen LogP contribution in [0.15, 0.2) is 30.6 Å². The van der Waals surface area contributed by atoms with Gasteiger partial charge < -0.3 is 15.5 Å². The molecule has 6 heteroatoms. The molecule has 0 bridgehead atoms. The van der Waals surface area contributed by atoms with Crippen LogP contribution in [0.3, 0.4) is 0 Å². The molecule has 0 radical (unpaired) electrons. The highest BCUT2D eigenvalue weighted by atomic mass is 16.1. The number of anilines is 3. The lowest BCUT2D eigenvalue weighted by atomic mass is 10.1. The van der Waals surface area contributed by atoms with Crippen LogP contribution in [0.5, 0.6) is 0 Å². The number of aromatic nitrogens is 2. The lowest BCUT2D eigenvalue weighted by Gasteiger charge is -2.22. The van der Waals surface area contributed by atoms with E-state index in [4.69, 9.17) is 0 Å². The van der Waals surface area contributed by atoms with Gasteiger partial charge in [-0.05, 0) is 57.9 Å². The van der Waals surface area contributed by atoms with E-state index in [0.717, 1.165) is 36.4 Å². The Hall–Kier alpha value is -2.63. The van der Waals surface area contributed by atoms with E-state index in [-0.39, 0.29) is 5.91 Å². The van der Waals surface area contributed by atoms with E-state index in [1.54, 1.807) is 6.20 Å². The fourth-order valence-corrected chi connectivity index (χ4v) is 2.63. The van der Waals surface area contributed by atoms with Crippen LogP contribution in [0.2, 0.25) is 0 Å². The largest absolute Gasteiger partial charge is 0.372 e. The normalized spacial score (nSPS) is 11.7. The second-order valence-corrected chi connectivity index (χ2v) is 6.37. The molecule has 26 heavy (non-hydrogen) atoms. The molecular weight excluding hydrogens is 326 g/mol. The zero-order valence-corrected chi connectivity index (χ0v) is 16.3. The summed E-state index contributed by atoms with van der Waals surface area (Å²) in [6, 6.07) is 6.37. The minimum Gasteiger partial charge on any atom is -0.372 e. The van der Waals surface area contributed by atoms with Crippen LogP contribution in [-0.2, 0) is 0 Å². The second-order valence-electron chi connectivity index (χ2n) is 6.37. The number of carbonyl (C=O) groups excluding carboxylic acids is 1. The SMILES string of the molecule is CCC(C)Nc1cnc(C(=O)Nc2ccc(N(CC)CC)cc2C)cn1. The summed E-state index contributed by atoms with van der Waals surface area (Å²) in [6.07, 6.45) is 4.09. The summed E-state index contributed by atoms with van der Waals surface area (Å²) < 4.78 is 0. The molecule has 2 aromatic rings. The van der Waals surface area contributed by atoms with Crippen molar-refractivity contribution in [3.05, 3.63) is 41.9 Å². The van der Waals surface area contributed by atoms with Crippen molar-refractivity contribution in [2.75, 3.05) is 28.6 Å². The van der Waals surface area contributed by atoms with Crippen LogP contribution in [0.1, 0.15) is 50.2 Å². The first-order chi connectivity index (χ1) is 12.5. The Morgan fingerprint density at radius 3 is 2.42 bits per heavy atom. The van der Waals surface area contributed by atoms with Gasteiger partial charge in [0.05, 0.1) is 12.4 Å². The molecular formula is C20H29N5O. The highest BCUT2D eigenvalue weighted by Gasteiger charge is 2.12. The van der Waals surface area contributed by atoms with Gasteiger partial charge in [0.15, 0.2) is 0 Å². The molecule has 0 spiro atoms. The van der Waals surface area contributed by atoms with Gasteiger partial charge in [-0.1, -0.05) is 6.92 Å². The first-order valence-corrected chi connectivity index (χ1v) is 9.23. The van der Waals surface area contributed by atoms with Crippen molar-refractivity contribution in [3.63, 3.8) is 0 Å². The van der Waals surface area contributed by atoms with E-state index < -0.39 is 0 Å². The van der Waals surface area contributed by atoms with Gasteiger partial charge >= 0.3 is 0 Å². The molecule has 1 heterocycles. The summed E-state index contributed by atoms with van der Waals surface area (Å²) in [5.41, 5.74) is 3.26. The summed E-state index contributed by atoms with van der Waals surface area (Å²) in [5, 5.41) is 6.15. The molecule has 0 aliphatic heterocycles. The Morgan fingerprint density at radius 2 is 1.88 bits per heavy atom. The summed E-state index contributed by atoms with van der Waals surface area (Å²) in [6.45, 7) is 12.3. The number of amides is 1. The van der Waals surface area contributed by atoms with Crippen LogP contribution < -0.4 is 15.5 Å². The minimum atomic E-state index is -0.258. The van der Waals surface area contributed by atoms with E-state index in [0.29, 0.717) is 17.6 Å². The molecule has 1 amide bonds. The Bertz CT molecular complexity index is 725. The number of nitrogens with zero attached hydrogens (tertiary/aromatic N) is 3. The molecule has 6 nitrogen and oxygen atoms in total. The van der Waals surface area contributed by atoms with E-state index >= 15 is 0 Å². The fraction of sp³-hybridized carbons (Fsp3) is 0.450. The molecule has 140 valence electrons. The molecule has 1 aromatic carbocycles. The number of carbonyl (C=O) groups is 1. The monoisotopic (exact) mass is 355 g/mol. The third kappa shape index (κ3) is 4.94. The van der Waals surface area contributed by atoms with Crippen LogP contribution in [0.4, 0.5) is 17.2 Å². The maximum atomic E-state index is 12.4. The predicted molar refractivity (Wildman–Crippen MR) is 108 cm³/mol. The molecule has 0 fully saturated rings. The predicted octanol–water partition coefficient (Wildman–Crippen LogP) is 4.09. The van der Waals surface area contributed by atoms with Crippen LogP contribution in [-0.4, -0.2) is 35.0 Å². The third-order valence-electron chi connectivity index (χ3n) is 4.48. The average Bonchev–Trinajstić information content (AvgIpc) is 2.65. The standard InChI is InChI=1S/C20H29N5O/c1-6-15(5)23-19-13-21-18(12-22-19)20(26)24-17-10-9-16(11-14(17)4)25(7-2)8-3/h9-13,15H,6-8H2,1-5H3,(H,22,23)(H,24,26). The molecule has 0 aliphatic carbocycles. The van der Waals surface area contributed by atoms with Crippen molar-refractivity contribution < 1.29 is 4.79 Å². The van der Waals surface area contributed by atoms with E-state index in [9.17, 15) is 4.79 Å². The topological polar surface area (TPSA) is 70.2 Å². The quantitative estimate of drug-likeness (QED) is 0.746. The van der Waals surface area contributed by atoms with Crippen molar-refractivity contribution in [3.8, 4) is 0 Å². The van der Waals surface area contributed by atoms with Gasteiger partial charge in [-0.3, -0.25) is 4.79 Å². The highest BCUT2D eigenvalue weighted by molar-refractivity contribution is 6.03. The van der Waals surface area contributed by atoms with Gasteiger partial charge in [-0.2, -0.15) is 0 Å². The number of nitrogens with one attached hydrogen (secondary N) is 2. The first-order valence-electron chi connectivity index (χ1n) is 9.23. The summed E-state index contributed by atoms with van der Waals surface area (Å²) in [4.78, 5) is 23.2. The molecule has 1 unspecified atom stereocenters. The van der Waals surface area contributed by atoms with Gasteiger partial charge in [-0.15, -0.1) is 0 Å². The van der Waals surface area contributed by atoms with Crippen molar-refractivity contribution in [2.24, 2.45) is 0 Å². The van der Waals surface area contributed by atoms with Crippen molar-refractivity contribution >= 4 is 23.1 Å². The summed E-state index contributed by atoms with van der Waals surface area (Å²) in [5.74, 6) is 0.418. The molecule has 1 atom stereocenters. The van der Waals surface area contributed by atoms with Crippen LogP contribution >= 0.6 is 0 Å². The number of aryl methyl sites for hydroxylation is 1. The van der Waals surface area contributed by atoms with E-state index in [1.807, 2.05) is 19.1 Å². The third-order valence-corrected chi connectivity index (χ3v) is 4.48.